The van der Waals surface area contributed by atoms with Crippen LogP contribution in [0.15, 0.2) is 4.99 Å². The molecule has 2 atom stereocenters. The Morgan fingerprint density at radius 2 is 1.93 bits per heavy atom. The summed E-state index contributed by atoms with van der Waals surface area (Å²) in [6, 6.07) is 0.452. The quantitative estimate of drug-likeness (QED) is 0.301. The number of nitrogens with zero attached hydrogens (tertiary/aromatic N) is 2. The minimum atomic E-state index is -3.06. The van der Waals surface area contributed by atoms with Crippen molar-refractivity contribution in [1.29, 1.82) is 0 Å². The predicted octanol–water partition coefficient (Wildman–Crippen LogP) is 2.18. The molecule has 1 saturated heterocycles. The van der Waals surface area contributed by atoms with Gasteiger partial charge in [0.2, 0.25) is 10.0 Å². The van der Waals surface area contributed by atoms with Crippen molar-refractivity contribution in [2.45, 2.75) is 64.5 Å². The second-order valence-electron chi connectivity index (χ2n) is 8.29. The van der Waals surface area contributed by atoms with E-state index in [4.69, 9.17) is 9.73 Å². The highest BCUT2D eigenvalue weighted by atomic mass is 127. The van der Waals surface area contributed by atoms with Crippen LogP contribution in [-0.4, -0.2) is 69.9 Å². The number of nitrogens with one attached hydrogen (secondary N) is 2. The molecule has 0 bridgehead atoms. The summed E-state index contributed by atoms with van der Waals surface area (Å²) >= 11 is 0. The smallest absolute Gasteiger partial charge is 0.211 e. The zero-order valence-electron chi connectivity index (χ0n) is 17.4. The molecule has 164 valence electrons. The largest absolute Gasteiger partial charge is 0.378 e. The highest BCUT2D eigenvalue weighted by Gasteiger charge is 2.59. The van der Waals surface area contributed by atoms with Gasteiger partial charge in [-0.3, -0.25) is 4.99 Å². The van der Waals surface area contributed by atoms with Crippen LogP contribution in [0.3, 0.4) is 0 Å². The Kier molecular flexibility index (Phi) is 8.84. The first-order chi connectivity index (χ1) is 12.9. The molecule has 0 aromatic heterocycles. The number of guanidine groups is 1. The molecular weight excluding hydrogens is 491 g/mol. The van der Waals surface area contributed by atoms with E-state index in [0.29, 0.717) is 36.6 Å². The molecule has 28 heavy (non-hydrogen) atoms. The molecule has 3 rings (SSSR count). The molecule has 0 amide bonds. The van der Waals surface area contributed by atoms with E-state index in [1.807, 2.05) is 0 Å². The summed E-state index contributed by atoms with van der Waals surface area (Å²) in [5.74, 6) is 1.35. The van der Waals surface area contributed by atoms with Crippen molar-refractivity contribution < 1.29 is 13.2 Å². The van der Waals surface area contributed by atoms with Gasteiger partial charge in [0.1, 0.15) is 0 Å². The van der Waals surface area contributed by atoms with Gasteiger partial charge in [-0.2, -0.15) is 0 Å². The van der Waals surface area contributed by atoms with Crippen molar-refractivity contribution in [2.75, 3.05) is 39.0 Å². The second kappa shape index (κ2) is 10.3. The average molecular weight is 529 g/mol. The van der Waals surface area contributed by atoms with Crippen LogP contribution in [0.1, 0.15) is 52.4 Å². The molecule has 3 aliphatic rings. The van der Waals surface area contributed by atoms with Gasteiger partial charge in [-0.1, -0.05) is 6.42 Å². The highest BCUT2D eigenvalue weighted by Crippen LogP contribution is 2.57. The van der Waals surface area contributed by atoms with E-state index >= 15 is 0 Å². The van der Waals surface area contributed by atoms with Crippen LogP contribution in [0.5, 0.6) is 0 Å². The van der Waals surface area contributed by atoms with Crippen LogP contribution in [0.2, 0.25) is 0 Å². The maximum atomic E-state index is 11.6. The Morgan fingerprint density at radius 1 is 1.25 bits per heavy atom. The number of aliphatic imine (C=N–C) groups is 1. The molecule has 2 saturated carbocycles. The fraction of sp³-hybridized carbons (Fsp3) is 0.947. The van der Waals surface area contributed by atoms with Gasteiger partial charge in [0.25, 0.3) is 0 Å². The summed E-state index contributed by atoms with van der Waals surface area (Å²) in [6.07, 6.45) is 8.32. The Bertz CT molecular complexity index is 631. The Balaban J connectivity index is 0.00000280. The van der Waals surface area contributed by atoms with Crippen molar-refractivity contribution in [3.8, 4) is 0 Å². The molecule has 2 N–H and O–H groups in total. The lowest BCUT2D eigenvalue weighted by Gasteiger charge is -2.61. The number of sulfonamides is 1. The molecule has 1 spiro atoms. The molecule has 3 fully saturated rings. The summed E-state index contributed by atoms with van der Waals surface area (Å²) in [5.41, 5.74) is 0.313. The minimum Gasteiger partial charge on any atom is -0.378 e. The third-order valence-electron chi connectivity index (χ3n) is 6.64. The standard InChI is InChI=1S/C19H36N4O3S.HI/c1-4-20-18(21-14-15-7-11-23(12-8-15)27(3,24)25)22-16-13-17(26-5-2)19(16)9-6-10-19;/h15-17H,4-14H2,1-3H3,(H2,20,21,22);1H. The predicted molar refractivity (Wildman–Crippen MR) is 124 cm³/mol. The van der Waals surface area contributed by atoms with Crippen molar-refractivity contribution in [3.63, 3.8) is 0 Å². The summed E-state index contributed by atoms with van der Waals surface area (Å²) in [6.45, 7) is 7.78. The van der Waals surface area contributed by atoms with E-state index in [1.54, 1.807) is 4.31 Å². The number of ether oxygens (including phenoxy) is 1. The van der Waals surface area contributed by atoms with Gasteiger partial charge in [0.05, 0.1) is 12.4 Å². The van der Waals surface area contributed by atoms with E-state index in [1.165, 1.54) is 25.5 Å². The number of hydrogen-bond donors (Lipinski definition) is 2. The van der Waals surface area contributed by atoms with Crippen LogP contribution < -0.4 is 10.6 Å². The first kappa shape index (κ1) is 24.1. The third-order valence-corrected chi connectivity index (χ3v) is 7.95. The van der Waals surface area contributed by atoms with Gasteiger partial charge in [-0.05, 0) is 51.9 Å². The van der Waals surface area contributed by atoms with Crippen molar-refractivity contribution in [3.05, 3.63) is 0 Å². The summed E-state index contributed by atoms with van der Waals surface area (Å²) in [5, 5.41) is 7.04. The van der Waals surface area contributed by atoms with Crippen molar-refractivity contribution in [1.82, 2.24) is 14.9 Å². The molecule has 0 radical (unpaired) electrons. The number of piperidine rings is 1. The van der Waals surface area contributed by atoms with Crippen LogP contribution in [0.4, 0.5) is 0 Å². The highest BCUT2D eigenvalue weighted by molar-refractivity contribution is 14.0. The van der Waals surface area contributed by atoms with Gasteiger partial charge in [-0.25, -0.2) is 12.7 Å². The van der Waals surface area contributed by atoms with Crippen LogP contribution in [0.25, 0.3) is 0 Å². The fourth-order valence-corrected chi connectivity index (χ4v) is 5.64. The fourth-order valence-electron chi connectivity index (χ4n) is 4.77. The van der Waals surface area contributed by atoms with Gasteiger partial charge < -0.3 is 15.4 Å². The lowest BCUT2D eigenvalue weighted by molar-refractivity contribution is -0.168. The molecule has 1 aliphatic heterocycles. The molecule has 7 nitrogen and oxygen atoms in total. The lowest BCUT2D eigenvalue weighted by atomic mass is 9.51. The lowest BCUT2D eigenvalue weighted by Crippen LogP contribution is -2.68. The molecule has 9 heteroatoms. The Morgan fingerprint density at radius 3 is 2.43 bits per heavy atom. The van der Waals surface area contributed by atoms with Gasteiger partial charge in [0.15, 0.2) is 5.96 Å². The van der Waals surface area contributed by atoms with E-state index in [0.717, 1.165) is 44.9 Å². The second-order valence-corrected chi connectivity index (χ2v) is 10.3. The van der Waals surface area contributed by atoms with E-state index < -0.39 is 10.0 Å². The van der Waals surface area contributed by atoms with Crippen LogP contribution in [-0.2, 0) is 14.8 Å². The van der Waals surface area contributed by atoms with Crippen molar-refractivity contribution >= 4 is 40.0 Å². The molecule has 2 unspecified atom stereocenters. The summed E-state index contributed by atoms with van der Waals surface area (Å²) in [7, 11) is -3.06. The number of rotatable bonds is 7. The van der Waals surface area contributed by atoms with E-state index in [-0.39, 0.29) is 24.0 Å². The van der Waals surface area contributed by atoms with Gasteiger partial charge in [-0.15, -0.1) is 24.0 Å². The Labute approximate surface area is 187 Å². The molecule has 0 aromatic carbocycles. The van der Waals surface area contributed by atoms with Gasteiger partial charge in [0, 0.05) is 44.2 Å². The Hall–Kier alpha value is -0.130. The molecule has 0 aromatic rings. The molecule has 1 heterocycles. The molecular formula is C19H37IN4O3S. The van der Waals surface area contributed by atoms with Crippen LogP contribution >= 0.6 is 24.0 Å². The van der Waals surface area contributed by atoms with Crippen LogP contribution in [0, 0.1) is 11.3 Å². The maximum Gasteiger partial charge on any atom is 0.211 e. The summed E-state index contributed by atoms with van der Waals surface area (Å²) in [4.78, 5) is 4.83. The molecule has 2 aliphatic carbocycles. The zero-order valence-corrected chi connectivity index (χ0v) is 20.6. The zero-order chi connectivity index (χ0) is 19.5. The monoisotopic (exact) mass is 528 g/mol. The first-order valence-corrected chi connectivity index (χ1v) is 12.4. The first-order valence-electron chi connectivity index (χ1n) is 10.5. The third kappa shape index (κ3) is 5.31. The normalized spacial score (nSPS) is 28.2. The van der Waals surface area contributed by atoms with E-state index in [2.05, 4.69) is 24.5 Å². The summed E-state index contributed by atoms with van der Waals surface area (Å²) < 4.78 is 30.8. The van der Waals surface area contributed by atoms with Gasteiger partial charge >= 0.3 is 0 Å². The average Bonchev–Trinajstić information content (AvgIpc) is 2.56. The SMILES string of the molecule is CCNC(=NCC1CCN(S(C)(=O)=O)CC1)NC1CC(OCC)C12CCC2.I. The van der Waals surface area contributed by atoms with Crippen molar-refractivity contribution in [2.24, 2.45) is 16.3 Å². The number of hydrogen-bond acceptors (Lipinski definition) is 4. The maximum absolute atomic E-state index is 11.6. The minimum absolute atomic E-state index is 0. The number of halogens is 1. The van der Waals surface area contributed by atoms with E-state index in [9.17, 15) is 8.42 Å². The topological polar surface area (TPSA) is 83.0 Å².